The van der Waals surface area contributed by atoms with E-state index in [0.29, 0.717) is 10.7 Å². The van der Waals surface area contributed by atoms with Gasteiger partial charge >= 0.3 is 11.9 Å². The predicted molar refractivity (Wildman–Crippen MR) is 109 cm³/mol. The summed E-state index contributed by atoms with van der Waals surface area (Å²) in [6.45, 7) is 5.23. The lowest BCUT2D eigenvalue weighted by molar-refractivity contribution is -0.122. The molecule has 0 saturated heterocycles. The van der Waals surface area contributed by atoms with Crippen LogP contribution in [0.4, 0.5) is 5.69 Å². The molecule has 0 aliphatic carbocycles. The van der Waals surface area contributed by atoms with Crippen molar-refractivity contribution in [2.24, 2.45) is 0 Å². The van der Waals surface area contributed by atoms with Crippen molar-refractivity contribution in [1.29, 1.82) is 0 Å². The highest BCUT2D eigenvalue weighted by atomic mass is 35.5. The molecule has 2 aromatic carbocycles. The van der Waals surface area contributed by atoms with E-state index >= 15 is 0 Å². The molecule has 0 saturated carbocycles. The monoisotopic (exact) mass is 419 g/mol. The second-order valence-corrected chi connectivity index (χ2v) is 6.32. The van der Waals surface area contributed by atoms with Crippen LogP contribution in [0.5, 0.6) is 5.75 Å². The first kappa shape index (κ1) is 22.2. The van der Waals surface area contributed by atoms with Crippen LogP contribution in [0.25, 0.3) is 0 Å². The molecule has 154 valence electrons. The number of amides is 1. The fourth-order valence-corrected chi connectivity index (χ4v) is 2.57. The number of carbonyl (C=O) groups is 3. The molecular formula is C21H22ClNO6. The largest absolute Gasteiger partial charge is 0.481 e. The average molecular weight is 420 g/mol. The zero-order valence-corrected chi connectivity index (χ0v) is 17.1. The molecule has 2 rings (SSSR count). The topological polar surface area (TPSA) is 90.9 Å². The molecule has 0 aliphatic rings. The third kappa shape index (κ3) is 6.22. The van der Waals surface area contributed by atoms with Crippen molar-refractivity contribution in [2.45, 2.75) is 26.9 Å². The Morgan fingerprint density at radius 2 is 1.52 bits per heavy atom. The highest BCUT2D eigenvalue weighted by Gasteiger charge is 2.20. The van der Waals surface area contributed by atoms with E-state index in [1.165, 1.54) is 25.1 Å². The standard InChI is InChI=1S/C21H22ClNO6/c1-4-27-20(25)14-10-15(21(26)28-5-2)12-16(11-14)29-13(3)19(24)23-18-9-7-6-8-17(18)22/h6-13H,4-5H2,1-3H3,(H,23,24)/t13-/m1/s1. The zero-order valence-electron chi connectivity index (χ0n) is 16.4. The van der Waals surface area contributed by atoms with Crippen molar-refractivity contribution < 1.29 is 28.6 Å². The van der Waals surface area contributed by atoms with Crippen LogP contribution in [-0.4, -0.2) is 37.2 Å². The number of rotatable bonds is 8. The van der Waals surface area contributed by atoms with Crippen LogP contribution in [0, 0.1) is 0 Å². The van der Waals surface area contributed by atoms with E-state index in [2.05, 4.69) is 5.32 Å². The number of ether oxygens (including phenoxy) is 3. The van der Waals surface area contributed by atoms with Crippen molar-refractivity contribution in [3.8, 4) is 5.75 Å². The maximum absolute atomic E-state index is 12.4. The second kappa shape index (κ2) is 10.5. The van der Waals surface area contributed by atoms with E-state index in [1.807, 2.05) is 0 Å². The van der Waals surface area contributed by atoms with Crippen molar-refractivity contribution in [3.63, 3.8) is 0 Å². The van der Waals surface area contributed by atoms with E-state index in [1.54, 1.807) is 38.1 Å². The number of hydrogen-bond acceptors (Lipinski definition) is 6. The summed E-state index contributed by atoms with van der Waals surface area (Å²) in [6.07, 6.45) is -0.932. The van der Waals surface area contributed by atoms with Crippen LogP contribution in [-0.2, 0) is 14.3 Å². The van der Waals surface area contributed by atoms with Crippen LogP contribution >= 0.6 is 11.6 Å². The van der Waals surface area contributed by atoms with Gasteiger partial charge in [0.25, 0.3) is 5.91 Å². The molecule has 0 aliphatic heterocycles. The van der Waals surface area contributed by atoms with Gasteiger partial charge in [0.15, 0.2) is 6.10 Å². The number of benzene rings is 2. The van der Waals surface area contributed by atoms with Gasteiger partial charge in [-0.05, 0) is 51.1 Å². The zero-order chi connectivity index (χ0) is 21.4. The van der Waals surface area contributed by atoms with E-state index in [-0.39, 0.29) is 30.1 Å². The molecular weight excluding hydrogens is 398 g/mol. The third-order valence-electron chi connectivity index (χ3n) is 3.74. The number of hydrogen-bond donors (Lipinski definition) is 1. The first-order valence-corrected chi connectivity index (χ1v) is 9.44. The van der Waals surface area contributed by atoms with Gasteiger partial charge < -0.3 is 19.5 Å². The second-order valence-electron chi connectivity index (χ2n) is 5.92. The molecule has 0 spiro atoms. The summed E-state index contributed by atoms with van der Waals surface area (Å²) in [5.41, 5.74) is 0.680. The molecule has 0 unspecified atom stereocenters. The summed E-state index contributed by atoms with van der Waals surface area (Å²) in [4.78, 5) is 36.6. The summed E-state index contributed by atoms with van der Waals surface area (Å²) < 4.78 is 15.6. The summed E-state index contributed by atoms with van der Waals surface area (Å²) in [6, 6.07) is 11.0. The molecule has 1 amide bonds. The van der Waals surface area contributed by atoms with Crippen LogP contribution < -0.4 is 10.1 Å². The molecule has 29 heavy (non-hydrogen) atoms. The fraction of sp³-hybridized carbons (Fsp3) is 0.286. The quantitative estimate of drug-likeness (QED) is 0.648. The van der Waals surface area contributed by atoms with Gasteiger partial charge in [0.1, 0.15) is 5.75 Å². The molecule has 0 bridgehead atoms. The fourth-order valence-electron chi connectivity index (χ4n) is 2.39. The molecule has 0 heterocycles. The van der Waals surface area contributed by atoms with Crippen molar-refractivity contribution in [3.05, 3.63) is 58.6 Å². The summed E-state index contributed by atoms with van der Waals surface area (Å²) >= 11 is 6.05. The van der Waals surface area contributed by atoms with Gasteiger partial charge in [-0.2, -0.15) is 0 Å². The number of esters is 2. The molecule has 1 N–H and O–H groups in total. The Labute approximate surface area is 173 Å². The number of nitrogens with one attached hydrogen (secondary N) is 1. The minimum Gasteiger partial charge on any atom is -0.481 e. The maximum atomic E-state index is 12.4. The van der Waals surface area contributed by atoms with Gasteiger partial charge in [-0.1, -0.05) is 23.7 Å². The van der Waals surface area contributed by atoms with E-state index in [9.17, 15) is 14.4 Å². The minimum absolute atomic E-state index is 0.117. The minimum atomic E-state index is -0.932. The van der Waals surface area contributed by atoms with Gasteiger partial charge in [0, 0.05) is 0 Å². The van der Waals surface area contributed by atoms with Crippen LogP contribution in [0.15, 0.2) is 42.5 Å². The van der Waals surface area contributed by atoms with Gasteiger partial charge in [0.2, 0.25) is 0 Å². The first-order valence-electron chi connectivity index (χ1n) is 9.07. The van der Waals surface area contributed by atoms with Gasteiger partial charge in [-0.3, -0.25) is 4.79 Å². The van der Waals surface area contributed by atoms with Gasteiger partial charge in [0.05, 0.1) is 35.1 Å². The summed E-state index contributed by atoms with van der Waals surface area (Å²) in [5, 5.41) is 3.06. The molecule has 0 aromatic heterocycles. The normalized spacial score (nSPS) is 11.3. The number of anilines is 1. The van der Waals surface area contributed by atoms with Crippen LogP contribution in [0.2, 0.25) is 5.02 Å². The van der Waals surface area contributed by atoms with Crippen LogP contribution in [0.3, 0.4) is 0 Å². The Kier molecular flexibility index (Phi) is 8.03. The molecule has 0 radical (unpaired) electrons. The lowest BCUT2D eigenvalue weighted by Crippen LogP contribution is -2.30. The smallest absolute Gasteiger partial charge is 0.338 e. The number of halogens is 1. The van der Waals surface area contributed by atoms with Crippen molar-refractivity contribution in [2.75, 3.05) is 18.5 Å². The Hall–Kier alpha value is -3.06. The molecule has 8 heteroatoms. The molecule has 7 nitrogen and oxygen atoms in total. The highest BCUT2D eigenvalue weighted by molar-refractivity contribution is 6.33. The summed E-state index contributed by atoms with van der Waals surface area (Å²) in [5.74, 6) is -1.52. The Balaban J connectivity index is 2.22. The molecule has 2 aromatic rings. The lowest BCUT2D eigenvalue weighted by Gasteiger charge is -2.16. The highest BCUT2D eigenvalue weighted by Crippen LogP contribution is 2.23. The average Bonchev–Trinajstić information content (AvgIpc) is 2.69. The van der Waals surface area contributed by atoms with Crippen molar-refractivity contribution in [1.82, 2.24) is 0 Å². The van der Waals surface area contributed by atoms with Gasteiger partial charge in [-0.15, -0.1) is 0 Å². The Bertz CT molecular complexity index is 862. The number of carbonyl (C=O) groups excluding carboxylic acids is 3. The van der Waals surface area contributed by atoms with Crippen LogP contribution in [0.1, 0.15) is 41.5 Å². The maximum Gasteiger partial charge on any atom is 0.338 e. The van der Waals surface area contributed by atoms with E-state index in [4.69, 9.17) is 25.8 Å². The molecule has 0 fully saturated rings. The summed E-state index contributed by atoms with van der Waals surface area (Å²) in [7, 11) is 0. The Morgan fingerprint density at radius 1 is 0.966 bits per heavy atom. The Morgan fingerprint density at radius 3 is 2.03 bits per heavy atom. The van der Waals surface area contributed by atoms with E-state index < -0.39 is 23.9 Å². The first-order chi connectivity index (χ1) is 13.8. The van der Waals surface area contributed by atoms with Crippen molar-refractivity contribution >= 4 is 35.1 Å². The third-order valence-corrected chi connectivity index (χ3v) is 4.07. The van der Waals surface area contributed by atoms with E-state index in [0.717, 1.165) is 0 Å². The predicted octanol–water partition coefficient (Wildman–Crippen LogP) is 4.10. The SMILES string of the molecule is CCOC(=O)c1cc(O[C@H](C)C(=O)Nc2ccccc2Cl)cc(C(=O)OCC)c1. The lowest BCUT2D eigenvalue weighted by atomic mass is 10.1. The molecule has 1 atom stereocenters. The van der Waals surface area contributed by atoms with Gasteiger partial charge in [-0.25, -0.2) is 9.59 Å². The number of para-hydroxylation sites is 1.